The highest BCUT2D eigenvalue weighted by Gasteiger charge is 2.20. The lowest BCUT2D eigenvalue weighted by atomic mass is 10.2. The van der Waals surface area contributed by atoms with Gasteiger partial charge in [0.15, 0.2) is 5.16 Å². The SMILES string of the molecule is COC(=O)CC(C)NC(=O)c1cnc(SC)n1-c1ccc(F)cc1. The maximum Gasteiger partial charge on any atom is 0.307 e. The molecule has 1 amide bonds. The Morgan fingerprint density at radius 3 is 2.62 bits per heavy atom. The summed E-state index contributed by atoms with van der Waals surface area (Å²) in [6, 6.07) is 5.40. The van der Waals surface area contributed by atoms with Crippen molar-refractivity contribution in [2.75, 3.05) is 13.4 Å². The molecule has 1 aromatic heterocycles. The first-order valence-corrected chi connectivity index (χ1v) is 8.44. The van der Waals surface area contributed by atoms with Gasteiger partial charge in [0.1, 0.15) is 11.5 Å². The van der Waals surface area contributed by atoms with Crippen LogP contribution in [0.15, 0.2) is 35.6 Å². The van der Waals surface area contributed by atoms with Gasteiger partial charge in [0, 0.05) is 11.7 Å². The lowest BCUT2D eigenvalue weighted by Gasteiger charge is -2.14. The third kappa shape index (κ3) is 4.14. The number of rotatable bonds is 6. The zero-order valence-electron chi connectivity index (χ0n) is 13.6. The monoisotopic (exact) mass is 351 g/mol. The topological polar surface area (TPSA) is 73.2 Å². The van der Waals surface area contributed by atoms with Crippen LogP contribution in [0.25, 0.3) is 5.69 Å². The fraction of sp³-hybridized carbons (Fsp3) is 0.312. The maximum atomic E-state index is 13.1. The number of carbonyl (C=O) groups excluding carboxylic acids is 2. The van der Waals surface area contributed by atoms with E-state index in [1.165, 1.54) is 37.2 Å². The van der Waals surface area contributed by atoms with Crippen molar-refractivity contribution in [1.29, 1.82) is 0 Å². The van der Waals surface area contributed by atoms with Gasteiger partial charge in [-0.1, -0.05) is 11.8 Å². The molecule has 24 heavy (non-hydrogen) atoms. The van der Waals surface area contributed by atoms with Gasteiger partial charge in [-0.15, -0.1) is 0 Å². The molecule has 2 aromatic rings. The molecule has 1 unspecified atom stereocenters. The molecule has 1 aromatic carbocycles. The minimum atomic E-state index is -0.403. The highest BCUT2D eigenvalue weighted by Crippen LogP contribution is 2.22. The van der Waals surface area contributed by atoms with Crippen molar-refractivity contribution in [2.45, 2.75) is 24.5 Å². The van der Waals surface area contributed by atoms with E-state index in [1.807, 2.05) is 6.26 Å². The second-order valence-electron chi connectivity index (χ2n) is 5.10. The van der Waals surface area contributed by atoms with Gasteiger partial charge < -0.3 is 10.1 Å². The Morgan fingerprint density at radius 1 is 1.38 bits per heavy atom. The number of nitrogens with zero attached hydrogens (tertiary/aromatic N) is 2. The zero-order chi connectivity index (χ0) is 17.7. The fourth-order valence-electron chi connectivity index (χ4n) is 2.16. The second-order valence-corrected chi connectivity index (χ2v) is 5.87. The van der Waals surface area contributed by atoms with E-state index >= 15 is 0 Å². The van der Waals surface area contributed by atoms with Crippen LogP contribution in [0.4, 0.5) is 4.39 Å². The summed E-state index contributed by atoms with van der Waals surface area (Å²) in [4.78, 5) is 28.0. The van der Waals surface area contributed by atoms with Crippen LogP contribution in [0.5, 0.6) is 0 Å². The number of ether oxygens (including phenoxy) is 1. The van der Waals surface area contributed by atoms with Crippen LogP contribution in [0, 0.1) is 5.82 Å². The maximum absolute atomic E-state index is 13.1. The normalized spacial score (nSPS) is 11.8. The van der Waals surface area contributed by atoms with Crippen LogP contribution in [-0.2, 0) is 9.53 Å². The Kier molecular flexibility index (Phi) is 5.97. The first-order chi connectivity index (χ1) is 11.5. The van der Waals surface area contributed by atoms with Crippen LogP contribution in [0.3, 0.4) is 0 Å². The van der Waals surface area contributed by atoms with Gasteiger partial charge in [-0.3, -0.25) is 14.2 Å². The first kappa shape index (κ1) is 18.0. The van der Waals surface area contributed by atoms with Crippen molar-refractivity contribution in [2.24, 2.45) is 0 Å². The highest BCUT2D eigenvalue weighted by molar-refractivity contribution is 7.98. The summed E-state index contributed by atoms with van der Waals surface area (Å²) < 4.78 is 19.4. The van der Waals surface area contributed by atoms with E-state index in [9.17, 15) is 14.0 Å². The number of methoxy groups -OCH3 is 1. The second kappa shape index (κ2) is 7.96. The van der Waals surface area contributed by atoms with Crippen LogP contribution in [0.2, 0.25) is 0 Å². The number of hydrogen-bond donors (Lipinski definition) is 1. The van der Waals surface area contributed by atoms with Crippen molar-refractivity contribution in [1.82, 2.24) is 14.9 Å². The van der Waals surface area contributed by atoms with Crippen LogP contribution in [-0.4, -0.2) is 40.8 Å². The van der Waals surface area contributed by atoms with E-state index in [2.05, 4.69) is 15.0 Å². The summed E-state index contributed by atoms with van der Waals surface area (Å²) in [5, 5.41) is 3.34. The molecule has 0 saturated carbocycles. The van der Waals surface area contributed by atoms with Gasteiger partial charge in [0.05, 0.1) is 19.7 Å². The van der Waals surface area contributed by atoms with E-state index in [4.69, 9.17) is 0 Å². The molecule has 0 aliphatic carbocycles. The predicted octanol–water partition coefficient (Wildman–Crippen LogP) is 2.41. The molecule has 0 spiro atoms. The quantitative estimate of drug-likeness (QED) is 0.639. The number of thioether (sulfide) groups is 1. The fourth-order valence-corrected chi connectivity index (χ4v) is 2.71. The van der Waals surface area contributed by atoms with Gasteiger partial charge in [0.25, 0.3) is 5.91 Å². The molecule has 1 atom stereocenters. The van der Waals surface area contributed by atoms with Crippen molar-refractivity contribution >= 4 is 23.6 Å². The average molecular weight is 351 g/mol. The summed E-state index contributed by atoms with van der Waals surface area (Å²) >= 11 is 1.37. The van der Waals surface area contributed by atoms with Crippen LogP contribution >= 0.6 is 11.8 Å². The molecule has 6 nitrogen and oxygen atoms in total. The summed E-state index contributed by atoms with van der Waals surface area (Å²) in [6.07, 6.45) is 3.36. The number of halogens is 1. The highest BCUT2D eigenvalue weighted by atomic mass is 32.2. The van der Waals surface area contributed by atoms with Crippen molar-refractivity contribution in [3.8, 4) is 5.69 Å². The van der Waals surface area contributed by atoms with Gasteiger partial charge in [-0.05, 0) is 37.4 Å². The number of aromatic nitrogens is 2. The van der Waals surface area contributed by atoms with E-state index in [-0.39, 0.29) is 24.2 Å². The molecule has 128 valence electrons. The molecule has 0 radical (unpaired) electrons. The Labute approximate surface area is 143 Å². The number of nitrogens with one attached hydrogen (secondary N) is 1. The molecule has 1 heterocycles. The van der Waals surface area contributed by atoms with Crippen LogP contribution < -0.4 is 5.32 Å². The minimum absolute atomic E-state index is 0.0717. The molecule has 2 rings (SSSR count). The number of imidazole rings is 1. The summed E-state index contributed by atoms with van der Waals surface area (Å²) in [7, 11) is 1.30. The first-order valence-electron chi connectivity index (χ1n) is 7.21. The minimum Gasteiger partial charge on any atom is -0.469 e. The average Bonchev–Trinajstić information content (AvgIpc) is 2.99. The Bertz CT molecular complexity index is 731. The molecule has 8 heteroatoms. The van der Waals surface area contributed by atoms with E-state index in [0.717, 1.165) is 0 Å². The largest absolute Gasteiger partial charge is 0.469 e. The summed E-state index contributed by atoms with van der Waals surface area (Å²) in [5.74, 6) is -1.13. The molecule has 0 fully saturated rings. The smallest absolute Gasteiger partial charge is 0.307 e. The standard InChI is InChI=1S/C16H18FN3O3S/c1-10(8-14(21)23-2)19-15(22)13-9-18-16(24-3)20(13)12-6-4-11(17)5-7-12/h4-7,9-10H,8H2,1-3H3,(H,19,22). The predicted molar refractivity (Wildman–Crippen MR) is 88.9 cm³/mol. The number of benzene rings is 1. The van der Waals surface area contributed by atoms with E-state index in [1.54, 1.807) is 23.6 Å². The van der Waals surface area contributed by atoms with E-state index < -0.39 is 5.97 Å². The lowest BCUT2D eigenvalue weighted by molar-refractivity contribution is -0.141. The summed E-state index contributed by atoms with van der Waals surface area (Å²) in [5.41, 5.74) is 0.937. The van der Waals surface area contributed by atoms with E-state index in [0.29, 0.717) is 16.5 Å². The Hall–Kier alpha value is -2.35. The number of hydrogen-bond acceptors (Lipinski definition) is 5. The van der Waals surface area contributed by atoms with Crippen molar-refractivity contribution < 1.29 is 18.7 Å². The summed E-state index contributed by atoms with van der Waals surface area (Å²) in [6.45, 7) is 1.71. The molecule has 0 saturated heterocycles. The van der Waals surface area contributed by atoms with Gasteiger partial charge in [-0.2, -0.15) is 0 Å². The Morgan fingerprint density at radius 2 is 2.04 bits per heavy atom. The van der Waals surface area contributed by atoms with Crippen LogP contribution in [0.1, 0.15) is 23.8 Å². The molecule has 0 bridgehead atoms. The molecule has 0 aliphatic heterocycles. The van der Waals surface area contributed by atoms with Crippen molar-refractivity contribution in [3.05, 3.63) is 42.0 Å². The lowest BCUT2D eigenvalue weighted by Crippen LogP contribution is -2.35. The number of carbonyl (C=O) groups is 2. The third-order valence-corrected chi connectivity index (χ3v) is 3.96. The Balaban J connectivity index is 2.27. The number of esters is 1. The molecular formula is C16H18FN3O3S. The van der Waals surface area contributed by atoms with Crippen molar-refractivity contribution in [3.63, 3.8) is 0 Å². The number of amides is 1. The third-order valence-electron chi connectivity index (χ3n) is 3.31. The van der Waals surface area contributed by atoms with Gasteiger partial charge >= 0.3 is 5.97 Å². The van der Waals surface area contributed by atoms with Gasteiger partial charge in [0.2, 0.25) is 0 Å². The molecular weight excluding hydrogens is 333 g/mol. The zero-order valence-corrected chi connectivity index (χ0v) is 14.4. The van der Waals surface area contributed by atoms with Gasteiger partial charge in [-0.25, -0.2) is 9.37 Å². The molecule has 0 aliphatic rings. The molecule has 1 N–H and O–H groups in total.